The molecule has 1 aromatic rings. The number of benzene rings is 1. The first-order valence-electron chi connectivity index (χ1n) is 6.06. The normalized spacial score (nSPS) is 16.9. The summed E-state index contributed by atoms with van der Waals surface area (Å²) in [5.74, 6) is 0.350. The first kappa shape index (κ1) is 15.6. The van der Waals surface area contributed by atoms with Crippen molar-refractivity contribution in [3.63, 3.8) is 0 Å². The Balaban J connectivity index is 2.09. The Morgan fingerprint density at radius 1 is 1.33 bits per heavy atom. The van der Waals surface area contributed by atoms with Gasteiger partial charge in [-0.05, 0) is 11.6 Å². The fraction of sp³-hybridized carbons (Fsp3) is 0.417. The zero-order chi connectivity index (χ0) is 15.6. The minimum atomic E-state index is -4.37. The molecule has 0 saturated carbocycles. The van der Waals surface area contributed by atoms with Crippen molar-refractivity contribution in [1.29, 1.82) is 0 Å². The lowest BCUT2D eigenvalue weighted by Crippen LogP contribution is -2.29. The third kappa shape index (κ3) is 3.66. The number of hydrogen-bond donors (Lipinski definition) is 3. The molecule has 9 heteroatoms. The molecular formula is C12H16NO7P. The van der Waals surface area contributed by atoms with Crippen molar-refractivity contribution in [3.8, 4) is 11.5 Å². The van der Waals surface area contributed by atoms with Crippen molar-refractivity contribution < 1.29 is 33.4 Å². The number of carbonyl (C=O) groups excluding carboxylic acids is 1. The Hall–Kier alpha value is -1.76. The highest BCUT2D eigenvalue weighted by molar-refractivity contribution is 7.51. The van der Waals surface area contributed by atoms with Crippen LogP contribution in [-0.4, -0.2) is 42.4 Å². The standard InChI is InChI=1S/C12H16NO7P/c1-18-10-4-7-3-9(12(14)20-6-21(15,16)17)13-8(7)5-11(10)19-2/h4-5,9,13H,3,6H2,1-2H3,(H2,15,16,17). The van der Waals surface area contributed by atoms with Crippen LogP contribution in [0.3, 0.4) is 0 Å². The molecule has 3 N–H and O–H groups in total. The molecule has 1 aliphatic rings. The van der Waals surface area contributed by atoms with Crippen LogP contribution < -0.4 is 14.8 Å². The maximum absolute atomic E-state index is 11.8. The van der Waals surface area contributed by atoms with Crippen molar-refractivity contribution in [2.45, 2.75) is 12.5 Å². The number of rotatable bonds is 5. The predicted octanol–water partition coefficient (Wildman–Crippen LogP) is 0.719. The quantitative estimate of drug-likeness (QED) is 0.537. The number of carbonyl (C=O) groups is 1. The lowest BCUT2D eigenvalue weighted by Gasteiger charge is -2.12. The van der Waals surface area contributed by atoms with Gasteiger partial charge in [-0.1, -0.05) is 0 Å². The predicted molar refractivity (Wildman–Crippen MR) is 73.7 cm³/mol. The van der Waals surface area contributed by atoms with E-state index in [1.165, 1.54) is 14.2 Å². The van der Waals surface area contributed by atoms with E-state index < -0.39 is 26.0 Å². The van der Waals surface area contributed by atoms with Gasteiger partial charge < -0.3 is 29.3 Å². The third-order valence-electron chi connectivity index (χ3n) is 3.02. The monoisotopic (exact) mass is 317 g/mol. The topological polar surface area (TPSA) is 114 Å². The zero-order valence-electron chi connectivity index (χ0n) is 11.5. The smallest absolute Gasteiger partial charge is 0.362 e. The van der Waals surface area contributed by atoms with Crippen LogP contribution in [0.15, 0.2) is 12.1 Å². The van der Waals surface area contributed by atoms with Crippen molar-refractivity contribution in [2.24, 2.45) is 0 Å². The molecule has 0 radical (unpaired) electrons. The van der Waals surface area contributed by atoms with Crippen LogP contribution in [0.5, 0.6) is 11.5 Å². The van der Waals surface area contributed by atoms with E-state index in [0.29, 0.717) is 23.6 Å². The lowest BCUT2D eigenvalue weighted by molar-refractivity contribution is -0.142. The van der Waals surface area contributed by atoms with Gasteiger partial charge in [-0.2, -0.15) is 0 Å². The minimum absolute atomic E-state index is 0.343. The average Bonchev–Trinajstić information content (AvgIpc) is 2.85. The second kappa shape index (κ2) is 5.93. The van der Waals surface area contributed by atoms with Crippen molar-refractivity contribution in [2.75, 3.05) is 25.9 Å². The van der Waals surface area contributed by atoms with Gasteiger partial charge in [0.1, 0.15) is 6.04 Å². The van der Waals surface area contributed by atoms with E-state index in [4.69, 9.17) is 19.3 Å². The maximum atomic E-state index is 11.8. The molecule has 2 rings (SSSR count). The van der Waals surface area contributed by atoms with Crippen LogP contribution in [-0.2, 0) is 20.5 Å². The summed E-state index contributed by atoms with van der Waals surface area (Å²) in [6, 6.07) is 2.75. The molecule has 0 bridgehead atoms. The minimum Gasteiger partial charge on any atom is -0.493 e. The van der Waals surface area contributed by atoms with Crippen LogP contribution in [0.2, 0.25) is 0 Å². The number of fused-ring (bicyclic) bond motifs is 1. The van der Waals surface area contributed by atoms with Crippen LogP contribution in [0.4, 0.5) is 5.69 Å². The first-order chi connectivity index (χ1) is 9.84. The SMILES string of the molecule is COc1cc2c(cc1OC)NC(C(=O)OCP(=O)(O)O)C2. The molecule has 0 spiro atoms. The van der Waals surface area contributed by atoms with E-state index in [-0.39, 0.29) is 0 Å². The maximum Gasteiger partial charge on any atom is 0.362 e. The highest BCUT2D eigenvalue weighted by Crippen LogP contribution is 2.38. The Morgan fingerprint density at radius 2 is 1.95 bits per heavy atom. The molecule has 21 heavy (non-hydrogen) atoms. The molecule has 0 amide bonds. The van der Waals surface area contributed by atoms with Gasteiger partial charge >= 0.3 is 13.6 Å². The van der Waals surface area contributed by atoms with E-state index in [2.05, 4.69) is 10.1 Å². The van der Waals surface area contributed by atoms with Crippen LogP contribution in [0.1, 0.15) is 5.56 Å². The second-order valence-corrected chi connectivity index (χ2v) is 6.11. The van der Waals surface area contributed by atoms with Crippen molar-refractivity contribution in [3.05, 3.63) is 17.7 Å². The second-order valence-electron chi connectivity index (χ2n) is 4.52. The average molecular weight is 317 g/mol. The molecule has 0 fully saturated rings. The number of hydrogen-bond acceptors (Lipinski definition) is 6. The van der Waals surface area contributed by atoms with Gasteiger partial charge in [-0.15, -0.1) is 0 Å². The largest absolute Gasteiger partial charge is 0.493 e. The molecule has 0 aromatic heterocycles. The summed E-state index contributed by atoms with van der Waals surface area (Å²) >= 11 is 0. The van der Waals surface area contributed by atoms with Crippen molar-refractivity contribution >= 4 is 19.3 Å². The summed E-state index contributed by atoms with van der Waals surface area (Å²) in [5.41, 5.74) is 1.54. The van der Waals surface area contributed by atoms with Gasteiger partial charge in [0.2, 0.25) is 0 Å². The number of methoxy groups -OCH3 is 2. The molecule has 0 aliphatic carbocycles. The number of esters is 1. The van der Waals surface area contributed by atoms with Crippen LogP contribution in [0, 0.1) is 0 Å². The zero-order valence-corrected chi connectivity index (χ0v) is 12.4. The Bertz CT molecular complexity index is 565. The van der Waals surface area contributed by atoms with Crippen LogP contribution in [0.25, 0.3) is 0 Å². The summed E-state index contributed by atoms with van der Waals surface area (Å²) in [7, 11) is -1.35. The highest BCUT2D eigenvalue weighted by atomic mass is 31.2. The molecule has 0 saturated heterocycles. The Morgan fingerprint density at radius 3 is 2.52 bits per heavy atom. The van der Waals surface area contributed by atoms with E-state index in [1.807, 2.05) is 0 Å². The molecule has 1 unspecified atom stereocenters. The fourth-order valence-corrected chi connectivity index (χ4v) is 2.37. The Kier molecular flexibility index (Phi) is 4.41. The van der Waals surface area contributed by atoms with Gasteiger partial charge in [0, 0.05) is 18.2 Å². The van der Waals surface area contributed by atoms with Gasteiger partial charge in [-0.3, -0.25) is 4.57 Å². The summed E-state index contributed by atoms with van der Waals surface area (Å²) in [5, 5.41) is 2.93. The van der Waals surface area contributed by atoms with Gasteiger partial charge in [0.25, 0.3) is 0 Å². The van der Waals surface area contributed by atoms with E-state index >= 15 is 0 Å². The highest BCUT2D eigenvalue weighted by Gasteiger charge is 2.30. The summed E-state index contributed by atoms with van der Waals surface area (Å²) in [4.78, 5) is 29.2. The molecule has 1 atom stereocenters. The van der Waals surface area contributed by atoms with E-state index in [0.717, 1.165) is 5.56 Å². The third-order valence-corrected chi connectivity index (χ3v) is 3.49. The number of nitrogens with one attached hydrogen (secondary N) is 1. The molecule has 1 aromatic carbocycles. The lowest BCUT2D eigenvalue weighted by atomic mass is 10.1. The number of anilines is 1. The van der Waals surface area contributed by atoms with Gasteiger partial charge in [-0.25, -0.2) is 4.79 Å². The summed E-state index contributed by atoms with van der Waals surface area (Å²) in [6.45, 7) is 0. The molecule has 1 aliphatic heterocycles. The summed E-state index contributed by atoms with van der Waals surface area (Å²) < 4.78 is 25.6. The Labute approximate surface area is 121 Å². The first-order valence-corrected chi connectivity index (χ1v) is 7.86. The summed E-state index contributed by atoms with van der Waals surface area (Å²) in [6.07, 6.45) is -0.581. The van der Waals surface area contributed by atoms with Crippen molar-refractivity contribution in [1.82, 2.24) is 0 Å². The molecule has 8 nitrogen and oxygen atoms in total. The van der Waals surface area contributed by atoms with Gasteiger partial charge in [0.05, 0.1) is 14.2 Å². The van der Waals surface area contributed by atoms with Crippen LogP contribution >= 0.6 is 7.60 Å². The fourth-order valence-electron chi connectivity index (χ4n) is 2.07. The number of ether oxygens (including phenoxy) is 3. The van der Waals surface area contributed by atoms with Gasteiger partial charge in [0.15, 0.2) is 17.8 Å². The van der Waals surface area contributed by atoms with E-state index in [9.17, 15) is 9.36 Å². The van der Waals surface area contributed by atoms with E-state index in [1.54, 1.807) is 12.1 Å². The molecule has 1 heterocycles. The molecule has 116 valence electrons. The molecular weight excluding hydrogens is 301 g/mol.